The van der Waals surface area contributed by atoms with E-state index in [0.717, 1.165) is 32.4 Å². The largest absolute Gasteiger partial charge is 0.272 e. The molecule has 1 unspecified atom stereocenters. The molecule has 0 aromatic heterocycles. The van der Waals surface area contributed by atoms with Gasteiger partial charge in [0.15, 0.2) is 0 Å². The van der Waals surface area contributed by atoms with Gasteiger partial charge in [-0.2, -0.15) is 0 Å². The number of nitrogens with one attached hydrogen (secondary N) is 2. The second kappa shape index (κ2) is 18.2. The minimum Gasteiger partial charge on any atom is -0.272 e. The number of amides is 1. The predicted molar refractivity (Wildman–Crippen MR) is 109 cm³/mol. The Kier molecular flexibility index (Phi) is 17.7. The molecule has 2 N–H and O–H groups in total. The van der Waals surface area contributed by atoms with Gasteiger partial charge >= 0.3 is 0 Å². The molecule has 0 saturated carbocycles. The van der Waals surface area contributed by atoms with Gasteiger partial charge in [0.1, 0.15) is 0 Å². The normalized spacial score (nSPS) is 12.3. The summed E-state index contributed by atoms with van der Waals surface area (Å²) < 4.78 is 0. The van der Waals surface area contributed by atoms with Crippen molar-refractivity contribution >= 4 is 5.91 Å². The van der Waals surface area contributed by atoms with Crippen LogP contribution in [0.1, 0.15) is 111 Å². The Morgan fingerprint density at radius 3 is 1.60 bits per heavy atom. The van der Waals surface area contributed by atoms with Crippen molar-refractivity contribution < 1.29 is 4.79 Å². The summed E-state index contributed by atoms with van der Waals surface area (Å²) in [7, 11) is 0. The SMILES string of the molecule is CCCCCCCCCCCCC(CCC)C(=O)N(NCC)NCC. The molecule has 0 rings (SSSR count). The molecule has 0 aliphatic heterocycles. The molecule has 0 saturated heterocycles. The van der Waals surface area contributed by atoms with Crippen LogP contribution in [0.25, 0.3) is 0 Å². The van der Waals surface area contributed by atoms with Crippen molar-refractivity contribution in [1.82, 2.24) is 16.0 Å². The maximum Gasteiger partial charge on any atom is 0.254 e. The van der Waals surface area contributed by atoms with E-state index in [-0.39, 0.29) is 11.8 Å². The monoisotopic (exact) mass is 355 g/mol. The van der Waals surface area contributed by atoms with Crippen molar-refractivity contribution in [3.05, 3.63) is 0 Å². The summed E-state index contributed by atoms with van der Waals surface area (Å²) >= 11 is 0. The van der Waals surface area contributed by atoms with Gasteiger partial charge in [-0.1, -0.05) is 98.3 Å². The summed E-state index contributed by atoms with van der Waals surface area (Å²) in [4.78, 5) is 12.7. The van der Waals surface area contributed by atoms with Crippen molar-refractivity contribution in [2.45, 2.75) is 111 Å². The summed E-state index contributed by atoms with van der Waals surface area (Å²) in [5, 5.41) is 1.62. The zero-order chi connectivity index (χ0) is 18.8. The average Bonchev–Trinajstić information content (AvgIpc) is 2.61. The minimum absolute atomic E-state index is 0.150. The smallest absolute Gasteiger partial charge is 0.254 e. The fourth-order valence-electron chi connectivity index (χ4n) is 3.33. The quantitative estimate of drug-likeness (QED) is 0.249. The molecular formula is C21H45N3O. The molecule has 0 fully saturated rings. The highest BCUT2D eigenvalue weighted by atomic mass is 16.2. The highest BCUT2D eigenvalue weighted by molar-refractivity contribution is 5.77. The van der Waals surface area contributed by atoms with Crippen LogP contribution in [0.2, 0.25) is 0 Å². The zero-order valence-electron chi connectivity index (χ0n) is 17.5. The second-order valence-corrected chi connectivity index (χ2v) is 7.15. The summed E-state index contributed by atoms with van der Waals surface area (Å²) in [6.45, 7) is 10.0. The lowest BCUT2D eigenvalue weighted by atomic mass is 9.95. The van der Waals surface area contributed by atoms with Crippen LogP contribution in [-0.4, -0.2) is 24.1 Å². The number of carbonyl (C=O) groups excluding carboxylic acids is 1. The third kappa shape index (κ3) is 13.3. The molecule has 25 heavy (non-hydrogen) atoms. The van der Waals surface area contributed by atoms with Crippen LogP contribution in [0.3, 0.4) is 0 Å². The van der Waals surface area contributed by atoms with Crippen molar-refractivity contribution in [2.24, 2.45) is 5.92 Å². The number of hydrogen-bond acceptors (Lipinski definition) is 3. The lowest BCUT2D eigenvalue weighted by molar-refractivity contribution is -0.143. The van der Waals surface area contributed by atoms with E-state index in [1.165, 1.54) is 64.2 Å². The van der Waals surface area contributed by atoms with Gasteiger partial charge in [-0.3, -0.25) is 4.79 Å². The fourth-order valence-corrected chi connectivity index (χ4v) is 3.33. The van der Waals surface area contributed by atoms with Gasteiger partial charge < -0.3 is 0 Å². The molecule has 4 nitrogen and oxygen atoms in total. The van der Waals surface area contributed by atoms with Gasteiger partial charge in [0.05, 0.1) is 0 Å². The van der Waals surface area contributed by atoms with Crippen LogP contribution >= 0.6 is 0 Å². The maximum absolute atomic E-state index is 12.7. The highest BCUT2D eigenvalue weighted by Gasteiger charge is 2.22. The molecule has 0 aromatic rings. The first-order chi connectivity index (χ1) is 12.2. The molecule has 0 bridgehead atoms. The van der Waals surface area contributed by atoms with Gasteiger partial charge in [-0.15, -0.1) is 0 Å². The third-order valence-corrected chi connectivity index (χ3v) is 4.75. The number of unbranched alkanes of at least 4 members (excludes halogenated alkanes) is 9. The number of carbonyl (C=O) groups is 1. The number of hydrogen-bond donors (Lipinski definition) is 2. The maximum atomic E-state index is 12.7. The van der Waals surface area contributed by atoms with Crippen molar-refractivity contribution in [3.63, 3.8) is 0 Å². The molecule has 0 aliphatic rings. The lowest BCUT2D eigenvalue weighted by Gasteiger charge is -2.27. The predicted octanol–water partition coefficient (Wildman–Crippen LogP) is 5.59. The Morgan fingerprint density at radius 1 is 0.680 bits per heavy atom. The van der Waals surface area contributed by atoms with Crippen molar-refractivity contribution in [2.75, 3.05) is 13.1 Å². The Morgan fingerprint density at radius 2 is 1.16 bits per heavy atom. The zero-order valence-corrected chi connectivity index (χ0v) is 17.5. The molecule has 0 radical (unpaired) electrons. The first kappa shape index (κ1) is 24.4. The Balaban J connectivity index is 3.93. The van der Waals surface area contributed by atoms with Gasteiger partial charge in [0, 0.05) is 19.0 Å². The van der Waals surface area contributed by atoms with Crippen molar-refractivity contribution in [3.8, 4) is 0 Å². The third-order valence-electron chi connectivity index (χ3n) is 4.75. The molecule has 4 heteroatoms. The summed E-state index contributed by atoms with van der Waals surface area (Å²) in [6, 6.07) is 0. The van der Waals surface area contributed by atoms with Crippen LogP contribution in [0.5, 0.6) is 0 Å². The highest BCUT2D eigenvalue weighted by Crippen LogP contribution is 2.19. The van der Waals surface area contributed by atoms with Crippen LogP contribution in [0, 0.1) is 5.92 Å². The van der Waals surface area contributed by atoms with Gasteiger partial charge in [0.2, 0.25) is 0 Å². The summed E-state index contributed by atoms with van der Waals surface area (Å²) in [6.07, 6.45) is 16.5. The van der Waals surface area contributed by atoms with E-state index in [0.29, 0.717) is 0 Å². The van der Waals surface area contributed by atoms with E-state index >= 15 is 0 Å². The fraction of sp³-hybridized carbons (Fsp3) is 0.952. The molecule has 0 aromatic carbocycles. The Hall–Kier alpha value is -0.610. The molecule has 1 amide bonds. The standard InChI is InChI=1S/C21H45N3O/c1-5-9-10-11-12-13-14-15-16-17-19-20(18-6-2)21(25)24(22-7-3)23-8-4/h20,22-23H,5-19H2,1-4H3. The van der Waals surface area contributed by atoms with Crippen LogP contribution in [0.15, 0.2) is 0 Å². The van der Waals surface area contributed by atoms with E-state index in [9.17, 15) is 4.79 Å². The van der Waals surface area contributed by atoms with E-state index in [1.807, 2.05) is 13.8 Å². The average molecular weight is 356 g/mol. The molecule has 0 aliphatic carbocycles. The topological polar surface area (TPSA) is 44.4 Å². The van der Waals surface area contributed by atoms with Gasteiger partial charge in [-0.05, 0) is 12.8 Å². The van der Waals surface area contributed by atoms with Crippen LogP contribution in [0.4, 0.5) is 0 Å². The van der Waals surface area contributed by atoms with E-state index < -0.39 is 0 Å². The van der Waals surface area contributed by atoms with Crippen LogP contribution in [-0.2, 0) is 4.79 Å². The molecule has 1 atom stereocenters. The molecule has 0 spiro atoms. The second-order valence-electron chi connectivity index (χ2n) is 7.15. The Bertz CT molecular complexity index is 291. The molecular weight excluding hydrogens is 310 g/mol. The first-order valence-corrected chi connectivity index (χ1v) is 11.0. The van der Waals surface area contributed by atoms with E-state index in [4.69, 9.17) is 0 Å². The lowest BCUT2D eigenvalue weighted by Crippen LogP contribution is -2.53. The summed E-state index contributed by atoms with van der Waals surface area (Å²) in [5.41, 5.74) is 6.27. The number of hydrazine groups is 2. The Labute approximate surface area is 157 Å². The number of nitrogens with zero attached hydrogens (tertiary/aromatic N) is 1. The first-order valence-electron chi connectivity index (χ1n) is 11.0. The van der Waals surface area contributed by atoms with E-state index in [1.54, 1.807) is 5.12 Å². The van der Waals surface area contributed by atoms with E-state index in [2.05, 4.69) is 24.7 Å². The van der Waals surface area contributed by atoms with Crippen LogP contribution < -0.4 is 10.9 Å². The van der Waals surface area contributed by atoms with Gasteiger partial charge in [0.25, 0.3) is 5.91 Å². The molecule has 150 valence electrons. The molecule has 0 heterocycles. The van der Waals surface area contributed by atoms with Gasteiger partial charge in [-0.25, -0.2) is 16.0 Å². The van der Waals surface area contributed by atoms with Crippen molar-refractivity contribution in [1.29, 1.82) is 0 Å². The summed E-state index contributed by atoms with van der Waals surface area (Å²) in [5.74, 6) is 0.360. The minimum atomic E-state index is 0.150. The number of rotatable bonds is 18.